The standard InChI is InChI=1S/C14H10BrNO4/c1-9(17)10-3-2-4-12(7-10)20-14-6-5-11(15)8-13(14)16(18)19/h2-8H,1H3. The van der Waals surface area contributed by atoms with Crippen molar-refractivity contribution in [1.82, 2.24) is 0 Å². The molecule has 0 aliphatic carbocycles. The van der Waals surface area contributed by atoms with Gasteiger partial charge in [-0.25, -0.2) is 0 Å². The Labute approximate surface area is 123 Å². The number of Topliss-reactive ketones (excluding diaryl/α,β-unsaturated/α-hetero) is 1. The van der Waals surface area contributed by atoms with E-state index in [1.54, 1.807) is 30.3 Å². The monoisotopic (exact) mass is 335 g/mol. The van der Waals surface area contributed by atoms with Gasteiger partial charge in [0, 0.05) is 16.1 Å². The summed E-state index contributed by atoms with van der Waals surface area (Å²) in [5.41, 5.74) is 0.342. The smallest absolute Gasteiger partial charge is 0.312 e. The molecule has 0 radical (unpaired) electrons. The third kappa shape index (κ3) is 3.21. The maximum absolute atomic E-state index is 11.3. The second-order valence-corrected chi connectivity index (χ2v) is 4.97. The van der Waals surface area contributed by atoms with Gasteiger partial charge in [0.05, 0.1) is 4.92 Å². The number of carbonyl (C=O) groups excluding carboxylic acids is 1. The molecule has 0 fully saturated rings. The Bertz CT molecular complexity index is 685. The minimum atomic E-state index is -0.519. The van der Waals surface area contributed by atoms with Crippen LogP contribution in [0.15, 0.2) is 46.9 Å². The van der Waals surface area contributed by atoms with Crippen molar-refractivity contribution in [2.24, 2.45) is 0 Å². The minimum absolute atomic E-state index is 0.0965. The number of nitro benzene ring substituents is 1. The number of benzene rings is 2. The van der Waals surface area contributed by atoms with Crippen molar-refractivity contribution < 1.29 is 14.5 Å². The lowest BCUT2D eigenvalue weighted by molar-refractivity contribution is -0.385. The number of halogens is 1. The fraction of sp³-hybridized carbons (Fsp3) is 0.0714. The number of carbonyl (C=O) groups is 1. The third-order valence-corrected chi connectivity index (χ3v) is 3.08. The summed E-state index contributed by atoms with van der Waals surface area (Å²) in [7, 11) is 0. The Morgan fingerprint density at radius 2 is 2.00 bits per heavy atom. The Balaban J connectivity index is 2.37. The molecule has 0 aliphatic rings. The van der Waals surface area contributed by atoms with E-state index in [1.165, 1.54) is 19.1 Å². The predicted octanol–water partition coefficient (Wildman–Crippen LogP) is 4.35. The molecule has 20 heavy (non-hydrogen) atoms. The van der Waals surface area contributed by atoms with E-state index in [1.807, 2.05) is 0 Å². The molecule has 2 aromatic rings. The molecule has 0 bridgehead atoms. The number of hydrogen-bond acceptors (Lipinski definition) is 4. The van der Waals surface area contributed by atoms with Gasteiger partial charge in [0.2, 0.25) is 5.75 Å². The van der Waals surface area contributed by atoms with Gasteiger partial charge in [-0.15, -0.1) is 0 Å². The van der Waals surface area contributed by atoms with Gasteiger partial charge in [-0.2, -0.15) is 0 Å². The Hall–Kier alpha value is -2.21. The summed E-state index contributed by atoms with van der Waals surface area (Å²) in [5.74, 6) is 0.405. The van der Waals surface area contributed by atoms with Crippen molar-refractivity contribution in [2.45, 2.75) is 6.92 Å². The zero-order valence-electron chi connectivity index (χ0n) is 10.5. The molecule has 2 rings (SSSR count). The lowest BCUT2D eigenvalue weighted by Crippen LogP contribution is -1.95. The van der Waals surface area contributed by atoms with Crippen LogP contribution in [0.3, 0.4) is 0 Å². The van der Waals surface area contributed by atoms with Crippen LogP contribution >= 0.6 is 15.9 Å². The molecule has 102 valence electrons. The zero-order chi connectivity index (χ0) is 14.7. The van der Waals surface area contributed by atoms with Crippen LogP contribution in [0.2, 0.25) is 0 Å². The first-order valence-corrected chi connectivity index (χ1v) is 6.49. The maximum atomic E-state index is 11.3. The summed E-state index contributed by atoms with van der Waals surface area (Å²) >= 11 is 3.18. The Kier molecular flexibility index (Phi) is 4.14. The first-order chi connectivity index (χ1) is 9.47. The van der Waals surface area contributed by atoms with E-state index in [4.69, 9.17) is 4.74 Å². The highest BCUT2D eigenvalue weighted by atomic mass is 79.9. The minimum Gasteiger partial charge on any atom is -0.450 e. The molecule has 5 nitrogen and oxygen atoms in total. The largest absolute Gasteiger partial charge is 0.450 e. The topological polar surface area (TPSA) is 69.4 Å². The average Bonchev–Trinajstić information content (AvgIpc) is 2.41. The Morgan fingerprint density at radius 3 is 2.65 bits per heavy atom. The van der Waals surface area contributed by atoms with Crippen molar-refractivity contribution in [1.29, 1.82) is 0 Å². The predicted molar refractivity (Wildman–Crippen MR) is 77.3 cm³/mol. The fourth-order valence-electron chi connectivity index (χ4n) is 1.63. The van der Waals surface area contributed by atoms with Gasteiger partial charge in [0.15, 0.2) is 5.78 Å². The van der Waals surface area contributed by atoms with Crippen LogP contribution < -0.4 is 4.74 Å². The van der Waals surface area contributed by atoms with Gasteiger partial charge in [0.25, 0.3) is 0 Å². The van der Waals surface area contributed by atoms with E-state index in [0.717, 1.165) is 0 Å². The van der Waals surface area contributed by atoms with Crippen molar-refractivity contribution in [3.8, 4) is 11.5 Å². The molecule has 0 aromatic heterocycles. The molecule has 0 aliphatic heterocycles. The van der Waals surface area contributed by atoms with Gasteiger partial charge in [0.1, 0.15) is 5.75 Å². The summed E-state index contributed by atoms with van der Waals surface area (Å²) in [6.07, 6.45) is 0. The van der Waals surface area contributed by atoms with Crippen molar-refractivity contribution in [3.63, 3.8) is 0 Å². The second-order valence-electron chi connectivity index (χ2n) is 4.06. The molecule has 0 heterocycles. The Morgan fingerprint density at radius 1 is 1.25 bits per heavy atom. The SMILES string of the molecule is CC(=O)c1cccc(Oc2ccc(Br)cc2[N+](=O)[O-])c1. The molecule has 0 atom stereocenters. The summed E-state index contributed by atoms with van der Waals surface area (Å²) in [6.45, 7) is 1.45. The average molecular weight is 336 g/mol. The molecule has 0 amide bonds. The van der Waals surface area contributed by atoms with E-state index in [9.17, 15) is 14.9 Å². The van der Waals surface area contributed by atoms with E-state index >= 15 is 0 Å². The molecular formula is C14H10BrNO4. The van der Waals surface area contributed by atoms with E-state index in [2.05, 4.69) is 15.9 Å². The normalized spacial score (nSPS) is 10.1. The molecule has 6 heteroatoms. The van der Waals surface area contributed by atoms with Crippen LogP contribution in [0.25, 0.3) is 0 Å². The highest BCUT2D eigenvalue weighted by molar-refractivity contribution is 9.10. The fourth-order valence-corrected chi connectivity index (χ4v) is 1.97. The summed E-state index contributed by atoms with van der Waals surface area (Å²) in [5, 5.41) is 11.0. The number of ketones is 1. The van der Waals surface area contributed by atoms with Crippen LogP contribution in [0.5, 0.6) is 11.5 Å². The molecule has 2 aromatic carbocycles. The number of nitrogens with zero attached hydrogens (tertiary/aromatic N) is 1. The van der Waals surface area contributed by atoms with Crippen molar-refractivity contribution in [3.05, 3.63) is 62.6 Å². The summed E-state index contributed by atoms with van der Waals surface area (Å²) in [4.78, 5) is 21.8. The molecule has 0 N–H and O–H groups in total. The summed E-state index contributed by atoms with van der Waals surface area (Å²) < 4.78 is 6.09. The molecule has 0 spiro atoms. The molecule has 0 saturated carbocycles. The zero-order valence-corrected chi connectivity index (χ0v) is 12.1. The molecule has 0 unspecified atom stereocenters. The van der Waals surface area contributed by atoms with Crippen LogP contribution in [-0.2, 0) is 0 Å². The second kappa shape index (κ2) is 5.83. The molecule has 0 saturated heterocycles. The van der Waals surface area contributed by atoms with Gasteiger partial charge < -0.3 is 4.74 Å². The first-order valence-electron chi connectivity index (χ1n) is 5.70. The van der Waals surface area contributed by atoms with Crippen LogP contribution in [-0.4, -0.2) is 10.7 Å². The molecular weight excluding hydrogens is 326 g/mol. The lowest BCUT2D eigenvalue weighted by atomic mass is 10.1. The van der Waals surface area contributed by atoms with E-state index in [0.29, 0.717) is 15.8 Å². The van der Waals surface area contributed by atoms with E-state index in [-0.39, 0.29) is 17.2 Å². The van der Waals surface area contributed by atoms with Gasteiger partial charge in [-0.1, -0.05) is 28.1 Å². The first kappa shape index (κ1) is 14.2. The van der Waals surface area contributed by atoms with Crippen LogP contribution in [0.1, 0.15) is 17.3 Å². The van der Waals surface area contributed by atoms with Gasteiger partial charge in [-0.3, -0.25) is 14.9 Å². The van der Waals surface area contributed by atoms with Gasteiger partial charge in [-0.05, 0) is 31.2 Å². The number of rotatable bonds is 4. The van der Waals surface area contributed by atoms with Crippen LogP contribution in [0.4, 0.5) is 5.69 Å². The highest BCUT2D eigenvalue weighted by Gasteiger charge is 2.16. The van der Waals surface area contributed by atoms with Crippen molar-refractivity contribution in [2.75, 3.05) is 0 Å². The van der Waals surface area contributed by atoms with Crippen LogP contribution in [0, 0.1) is 10.1 Å². The third-order valence-electron chi connectivity index (χ3n) is 2.59. The highest BCUT2D eigenvalue weighted by Crippen LogP contribution is 2.33. The number of nitro groups is 1. The number of hydrogen-bond donors (Lipinski definition) is 0. The summed E-state index contributed by atoms with van der Waals surface area (Å²) in [6, 6.07) is 11.0. The lowest BCUT2D eigenvalue weighted by Gasteiger charge is -2.07. The van der Waals surface area contributed by atoms with Gasteiger partial charge >= 0.3 is 5.69 Å². The maximum Gasteiger partial charge on any atom is 0.312 e. The quantitative estimate of drug-likeness (QED) is 0.473. The van der Waals surface area contributed by atoms with E-state index < -0.39 is 4.92 Å². The van der Waals surface area contributed by atoms with Crippen molar-refractivity contribution >= 4 is 27.4 Å². The number of ether oxygens (including phenoxy) is 1.